The average Bonchev–Trinajstić information content (AvgIpc) is 3.52. The molecule has 3 rings (SSSR count). The molecule has 0 saturated heterocycles. The lowest BCUT2D eigenvalue weighted by Crippen LogP contribution is -2.30. The van der Waals surface area contributed by atoms with Gasteiger partial charge in [-0.15, -0.1) is 0 Å². The molecule has 0 aromatic heterocycles. The number of alkyl halides is 3. The fourth-order valence-electron chi connectivity index (χ4n) is 3.25. The van der Waals surface area contributed by atoms with E-state index in [1.807, 2.05) is 0 Å². The molecule has 29 heavy (non-hydrogen) atoms. The predicted octanol–water partition coefficient (Wildman–Crippen LogP) is 4.16. The highest BCUT2D eigenvalue weighted by atomic mass is 19.4. The third kappa shape index (κ3) is 4.63. The minimum atomic E-state index is -4.48. The van der Waals surface area contributed by atoms with Crippen molar-refractivity contribution >= 4 is 11.9 Å². The molecule has 0 unspecified atom stereocenters. The zero-order valence-electron chi connectivity index (χ0n) is 16.2. The Morgan fingerprint density at radius 2 is 1.45 bits per heavy atom. The molecule has 0 N–H and O–H groups in total. The first-order chi connectivity index (χ1) is 13.8. The minimum absolute atomic E-state index is 0.137. The van der Waals surface area contributed by atoms with Gasteiger partial charge in [0.15, 0.2) is 0 Å². The van der Waals surface area contributed by atoms with Crippen molar-refractivity contribution in [1.82, 2.24) is 4.90 Å². The number of carbonyl (C=O) groups excluding carboxylic acids is 2. The van der Waals surface area contributed by atoms with Crippen LogP contribution in [-0.4, -0.2) is 36.1 Å². The van der Waals surface area contributed by atoms with E-state index in [1.165, 1.54) is 12.1 Å². The Bertz CT molecular complexity index is 802. The van der Waals surface area contributed by atoms with Crippen LogP contribution < -0.4 is 0 Å². The van der Waals surface area contributed by atoms with Crippen molar-refractivity contribution in [2.45, 2.75) is 44.8 Å². The van der Waals surface area contributed by atoms with E-state index in [2.05, 4.69) is 0 Å². The number of halogens is 3. The molecule has 8 heteroatoms. The lowest BCUT2D eigenvalue weighted by Gasteiger charge is -2.30. The summed E-state index contributed by atoms with van der Waals surface area (Å²) in [5, 5.41) is 0. The number of ether oxygens (including phenoxy) is 2. The first-order valence-corrected chi connectivity index (χ1v) is 9.48. The van der Waals surface area contributed by atoms with Gasteiger partial charge in [0.2, 0.25) is 0 Å². The van der Waals surface area contributed by atoms with Gasteiger partial charge in [0, 0.05) is 18.4 Å². The molecule has 1 saturated carbocycles. The fourth-order valence-corrected chi connectivity index (χ4v) is 3.25. The molecule has 0 radical (unpaired) electrons. The molecular weight excluding hydrogens is 387 g/mol. The third-order valence-corrected chi connectivity index (χ3v) is 4.76. The highest BCUT2D eigenvalue weighted by Gasteiger charge is 2.39. The molecule has 1 aromatic rings. The summed E-state index contributed by atoms with van der Waals surface area (Å²) in [5.74, 6) is -2.10. The summed E-state index contributed by atoms with van der Waals surface area (Å²) in [6, 6.07) is 4.61. The first-order valence-electron chi connectivity index (χ1n) is 9.48. The van der Waals surface area contributed by atoms with Gasteiger partial charge in [0.05, 0.1) is 35.8 Å². The van der Waals surface area contributed by atoms with Gasteiger partial charge in [-0.25, -0.2) is 9.59 Å². The van der Waals surface area contributed by atoms with Crippen LogP contribution in [0, 0.1) is 0 Å². The van der Waals surface area contributed by atoms with Crippen molar-refractivity contribution in [3.63, 3.8) is 0 Å². The highest BCUT2D eigenvalue weighted by molar-refractivity contribution is 5.98. The summed E-state index contributed by atoms with van der Waals surface area (Å²) in [6.07, 6.45) is 0.614. The van der Waals surface area contributed by atoms with Crippen molar-refractivity contribution < 1.29 is 32.2 Å². The van der Waals surface area contributed by atoms with E-state index in [0.717, 1.165) is 25.0 Å². The van der Waals surface area contributed by atoms with Crippen molar-refractivity contribution in [3.05, 3.63) is 58.9 Å². The van der Waals surface area contributed by atoms with Crippen LogP contribution in [0.3, 0.4) is 0 Å². The summed E-state index contributed by atoms with van der Waals surface area (Å²) in [7, 11) is 0. The Labute approximate surface area is 166 Å². The van der Waals surface area contributed by atoms with Gasteiger partial charge in [-0.3, -0.25) is 0 Å². The average molecular weight is 409 g/mol. The monoisotopic (exact) mass is 409 g/mol. The third-order valence-electron chi connectivity index (χ3n) is 4.76. The molecular formula is C21H22F3NO4. The van der Waals surface area contributed by atoms with Gasteiger partial charge >= 0.3 is 18.1 Å². The lowest BCUT2D eigenvalue weighted by molar-refractivity contribution is -0.140. The predicted molar refractivity (Wildman–Crippen MR) is 98.5 cm³/mol. The van der Waals surface area contributed by atoms with E-state index >= 15 is 0 Å². The number of carbonyl (C=O) groups is 2. The minimum Gasteiger partial charge on any atom is -0.463 e. The van der Waals surface area contributed by atoms with Crippen molar-refractivity contribution in [2.75, 3.05) is 13.2 Å². The highest BCUT2D eigenvalue weighted by Crippen LogP contribution is 2.41. The number of hydrogen-bond acceptors (Lipinski definition) is 5. The van der Waals surface area contributed by atoms with E-state index < -0.39 is 29.6 Å². The smallest absolute Gasteiger partial charge is 0.416 e. The van der Waals surface area contributed by atoms with Crippen LogP contribution in [0.2, 0.25) is 0 Å². The maximum atomic E-state index is 12.9. The van der Waals surface area contributed by atoms with Gasteiger partial charge < -0.3 is 14.4 Å². The Morgan fingerprint density at radius 1 is 0.966 bits per heavy atom. The second kappa shape index (κ2) is 8.31. The molecule has 5 nitrogen and oxygen atoms in total. The van der Waals surface area contributed by atoms with Gasteiger partial charge in [0.25, 0.3) is 0 Å². The maximum absolute atomic E-state index is 12.9. The zero-order valence-corrected chi connectivity index (χ0v) is 16.2. The molecule has 156 valence electrons. The summed E-state index contributed by atoms with van der Waals surface area (Å²) in [6.45, 7) is 3.60. The van der Waals surface area contributed by atoms with Crippen LogP contribution in [0.4, 0.5) is 13.2 Å². The Morgan fingerprint density at radius 3 is 1.83 bits per heavy atom. The molecule has 2 aliphatic rings. The Hall–Kier alpha value is -2.77. The van der Waals surface area contributed by atoms with Crippen LogP contribution in [0.15, 0.2) is 47.8 Å². The van der Waals surface area contributed by atoms with E-state index in [4.69, 9.17) is 9.47 Å². The quantitative estimate of drug-likeness (QED) is 0.661. The van der Waals surface area contributed by atoms with E-state index in [1.54, 1.807) is 31.1 Å². The Balaban J connectivity index is 2.06. The van der Waals surface area contributed by atoms with Gasteiger partial charge in [0.1, 0.15) is 0 Å². The topological polar surface area (TPSA) is 55.8 Å². The fraction of sp³-hybridized carbons (Fsp3) is 0.429. The zero-order chi connectivity index (χ0) is 21.2. The summed E-state index contributed by atoms with van der Waals surface area (Å²) >= 11 is 0. The molecule has 0 amide bonds. The molecule has 1 heterocycles. The standard InChI is InChI=1S/C21H22F3NO4/c1-3-28-19(26)16-11-25(15-9-10-15)12-17(20(27)29-4-2)18(16)13-5-7-14(8-6-13)21(22,23)24/h5-8,11-12,15,18H,3-4,9-10H2,1-2H3. The summed E-state index contributed by atoms with van der Waals surface area (Å²) in [5.41, 5.74) is -0.0276. The molecule has 1 aliphatic carbocycles. The van der Waals surface area contributed by atoms with Crippen LogP contribution in [0.1, 0.15) is 43.7 Å². The molecule has 1 aromatic carbocycles. The normalized spacial score (nSPS) is 17.5. The molecule has 1 aliphatic heterocycles. The second-order valence-corrected chi connectivity index (χ2v) is 6.84. The van der Waals surface area contributed by atoms with Crippen LogP contribution in [0.5, 0.6) is 0 Å². The van der Waals surface area contributed by atoms with Gasteiger partial charge in [-0.2, -0.15) is 13.2 Å². The SMILES string of the molecule is CCOC(=O)C1=CN(C2CC2)C=C(C(=O)OCC)C1c1ccc(C(F)(F)F)cc1. The Kier molecular flexibility index (Phi) is 6.00. The van der Waals surface area contributed by atoms with Gasteiger partial charge in [-0.05, 0) is 44.4 Å². The van der Waals surface area contributed by atoms with Crippen molar-refractivity contribution in [3.8, 4) is 0 Å². The molecule has 0 spiro atoms. The number of hydrogen-bond donors (Lipinski definition) is 0. The number of rotatable bonds is 6. The van der Waals surface area contributed by atoms with E-state index in [9.17, 15) is 22.8 Å². The summed E-state index contributed by atoms with van der Waals surface area (Å²) in [4.78, 5) is 27.1. The van der Waals surface area contributed by atoms with Crippen molar-refractivity contribution in [2.24, 2.45) is 0 Å². The van der Waals surface area contributed by atoms with Crippen LogP contribution in [-0.2, 0) is 25.2 Å². The number of benzene rings is 1. The second-order valence-electron chi connectivity index (χ2n) is 6.84. The van der Waals surface area contributed by atoms with Gasteiger partial charge in [-0.1, -0.05) is 12.1 Å². The molecule has 1 fully saturated rings. The summed E-state index contributed by atoms with van der Waals surface area (Å²) < 4.78 is 49.1. The number of nitrogens with zero attached hydrogens (tertiary/aromatic N) is 1. The largest absolute Gasteiger partial charge is 0.463 e. The van der Waals surface area contributed by atoms with E-state index in [0.29, 0.717) is 5.56 Å². The molecule has 0 atom stereocenters. The van der Waals surface area contributed by atoms with Crippen LogP contribution in [0.25, 0.3) is 0 Å². The molecule has 0 bridgehead atoms. The number of esters is 2. The van der Waals surface area contributed by atoms with Crippen LogP contribution >= 0.6 is 0 Å². The van der Waals surface area contributed by atoms with E-state index in [-0.39, 0.29) is 30.4 Å². The lowest BCUT2D eigenvalue weighted by atomic mass is 9.83. The first kappa shape index (κ1) is 21.0. The van der Waals surface area contributed by atoms with Crippen molar-refractivity contribution in [1.29, 1.82) is 0 Å². The maximum Gasteiger partial charge on any atom is 0.416 e.